The van der Waals surface area contributed by atoms with Gasteiger partial charge in [0.1, 0.15) is 23.3 Å². The van der Waals surface area contributed by atoms with Gasteiger partial charge in [0.25, 0.3) is 6.43 Å². The van der Waals surface area contributed by atoms with Crippen LogP contribution in [0.25, 0.3) is 11.4 Å². The highest BCUT2D eigenvalue weighted by Gasteiger charge is 2.26. The maximum absolute atomic E-state index is 14.8. The Morgan fingerprint density at radius 2 is 1.97 bits per heavy atom. The van der Waals surface area contributed by atoms with Crippen molar-refractivity contribution >= 4 is 11.5 Å². The zero-order chi connectivity index (χ0) is 23.8. The van der Waals surface area contributed by atoms with Crippen LogP contribution in [0.3, 0.4) is 0 Å². The number of nitrogens with one attached hydrogen (secondary N) is 2. The Kier molecular flexibility index (Phi) is 6.16. The molecule has 0 saturated carbocycles. The van der Waals surface area contributed by atoms with Crippen molar-refractivity contribution in [3.8, 4) is 11.4 Å². The molecule has 2 N–H and O–H groups in total. The van der Waals surface area contributed by atoms with Gasteiger partial charge in [0.05, 0.1) is 22.9 Å². The van der Waals surface area contributed by atoms with Gasteiger partial charge in [-0.3, -0.25) is 4.99 Å². The second kappa shape index (κ2) is 9.25. The van der Waals surface area contributed by atoms with E-state index in [0.29, 0.717) is 11.3 Å². The van der Waals surface area contributed by atoms with Crippen LogP contribution in [-0.2, 0) is 11.3 Å². The number of hydrogen-bond donors (Lipinski definition) is 2. The minimum Gasteiger partial charge on any atom is -0.381 e. The SMILES string of the molecule is Cc1nc2n3c(c(NC4CCOCC4)cc-2c(=NC(C)c2cccc(C(F)F)c2F)n1)NCC3. The molecule has 1 aromatic carbocycles. The predicted molar refractivity (Wildman–Crippen MR) is 123 cm³/mol. The van der Waals surface area contributed by atoms with Crippen LogP contribution < -0.4 is 16.1 Å². The van der Waals surface area contributed by atoms with Crippen molar-refractivity contribution in [1.82, 2.24) is 14.5 Å². The van der Waals surface area contributed by atoms with E-state index in [2.05, 4.69) is 30.2 Å². The molecule has 1 fully saturated rings. The normalized spacial score (nSPS) is 17.8. The van der Waals surface area contributed by atoms with Crippen LogP contribution in [0.1, 0.15) is 49.2 Å². The number of nitrogens with zero attached hydrogens (tertiary/aromatic N) is 4. The maximum atomic E-state index is 14.8. The van der Waals surface area contributed by atoms with Crippen LogP contribution >= 0.6 is 0 Å². The van der Waals surface area contributed by atoms with Gasteiger partial charge >= 0.3 is 0 Å². The van der Waals surface area contributed by atoms with Crippen molar-refractivity contribution in [3.05, 3.63) is 52.5 Å². The molecule has 1 aromatic rings. The van der Waals surface area contributed by atoms with Gasteiger partial charge in [0.15, 0.2) is 5.49 Å². The highest BCUT2D eigenvalue weighted by atomic mass is 19.3. The number of alkyl halides is 2. The summed E-state index contributed by atoms with van der Waals surface area (Å²) in [6, 6.07) is 5.57. The first kappa shape index (κ1) is 22.6. The summed E-state index contributed by atoms with van der Waals surface area (Å²) in [4.78, 5) is 13.9. The summed E-state index contributed by atoms with van der Waals surface area (Å²) in [5, 5.41) is 7.06. The molecule has 0 spiro atoms. The molecule has 4 aliphatic heterocycles. The average Bonchev–Trinajstić information content (AvgIpc) is 3.31. The summed E-state index contributed by atoms with van der Waals surface area (Å²) in [5.41, 5.74) is 1.56. The van der Waals surface area contributed by atoms with Gasteiger partial charge in [0, 0.05) is 37.9 Å². The zero-order valence-electron chi connectivity index (χ0n) is 19.1. The lowest BCUT2D eigenvalue weighted by Gasteiger charge is -2.26. The molecular formula is C24H27F3N6O. The molecule has 0 aliphatic carbocycles. The van der Waals surface area contributed by atoms with Gasteiger partial charge in [0.2, 0.25) is 0 Å². The van der Waals surface area contributed by atoms with Crippen LogP contribution in [0.4, 0.5) is 24.7 Å². The molecular weight excluding hydrogens is 445 g/mol. The first-order valence-corrected chi connectivity index (χ1v) is 11.5. The molecule has 4 aliphatic rings. The Balaban J connectivity index is 1.62. The summed E-state index contributed by atoms with van der Waals surface area (Å²) in [6.07, 6.45) is -1.06. The fourth-order valence-corrected chi connectivity index (χ4v) is 4.63. The molecule has 0 aromatic heterocycles. The van der Waals surface area contributed by atoms with Crippen molar-refractivity contribution in [2.75, 3.05) is 30.4 Å². The van der Waals surface area contributed by atoms with E-state index < -0.39 is 23.8 Å². The molecule has 0 amide bonds. The van der Waals surface area contributed by atoms with Crippen LogP contribution in [0.2, 0.25) is 0 Å². The van der Waals surface area contributed by atoms with Crippen molar-refractivity contribution in [3.63, 3.8) is 0 Å². The number of rotatable bonds is 5. The highest BCUT2D eigenvalue weighted by molar-refractivity contribution is 5.76. The first-order chi connectivity index (χ1) is 16.4. The molecule has 0 bridgehead atoms. The fourth-order valence-electron chi connectivity index (χ4n) is 4.63. The van der Waals surface area contributed by atoms with E-state index in [4.69, 9.17) is 4.74 Å². The number of benzene rings is 1. The topological polar surface area (TPSA) is 76.4 Å². The zero-order valence-corrected chi connectivity index (χ0v) is 19.1. The molecule has 1 unspecified atom stereocenters. The number of anilines is 2. The molecule has 34 heavy (non-hydrogen) atoms. The van der Waals surface area contributed by atoms with E-state index in [-0.39, 0.29) is 11.6 Å². The predicted octanol–water partition coefficient (Wildman–Crippen LogP) is 4.45. The summed E-state index contributed by atoms with van der Waals surface area (Å²) in [5.74, 6) is 1.31. The maximum Gasteiger partial charge on any atom is 0.266 e. The third-order valence-electron chi connectivity index (χ3n) is 6.35. The minimum absolute atomic E-state index is 0.109. The third kappa shape index (κ3) is 4.22. The smallest absolute Gasteiger partial charge is 0.266 e. The molecule has 5 rings (SSSR count). The largest absolute Gasteiger partial charge is 0.381 e. The van der Waals surface area contributed by atoms with Crippen molar-refractivity contribution in [2.45, 2.75) is 51.7 Å². The molecule has 1 saturated heterocycles. The number of hydrogen-bond acceptors (Lipinski definition) is 6. The second-order valence-corrected chi connectivity index (χ2v) is 8.70. The van der Waals surface area contributed by atoms with E-state index >= 15 is 0 Å². The molecule has 180 valence electrons. The Morgan fingerprint density at radius 1 is 1.21 bits per heavy atom. The Labute approximate surface area is 195 Å². The van der Waals surface area contributed by atoms with Gasteiger partial charge in [-0.1, -0.05) is 18.2 Å². The number of halogens is 3. The van der Waals surface area contributed by atoms with Gasteiger partial charge < -0.3 is 19.9 Å². The monoisotopic (exact) mass is 472 g/mol. The van der Waals surface area contributed by atoms with Gasteiger partial charge in [-0.2, -0.15) is 0 Å². The molecule has 1 atom stereocenters. The Hall–Kier alpha value is -3.14. The number of pyridine rings is 1. The van der Waals surface area contributed by atoms with Crippen LogP contribution in [0.5, 0.6) is 0 Å². The van der Waals surface area contributed by atoms with Crippen molar-refractivity contribution < 1.29 is 17.9 Å². The van der Waals surface area contributed by atoms with E-state index in [9.17, 15) is 13.2 Å². The molecule has 10 heteroatoms. The lowest BCUT2D eigenvalue weighted by molar-refractivity contribution is 0.0904. The number of aryl methyl sites for hydroxylation is 1. The fraction of sp³-hybridized carbons (Fsp3) is 0.458. The van der Waals surface area contributed by atoms with Crippen molar-refractivity contribution in [1.29, 1.82) is 0 Å². The van der Waals surface area contributed by atoms with Crippen molar-refractivity contribution in [2.24, 2.45) is 4.99 Å². The minimum atomic E-state index is -2.89. The average molecular weight is 473 g/mol. The van der Waals surface area contributed by atoms with Crippen LogP contribution in [0, 0.1) is 12.7 Å². The lowest BCUT2D eigenvalue weighted by atomic mass is 10.0. The van der Waals surface area contributed by atoms with Gasteiger partial charge in [-0.05, 0) is 32.8 Å². The summed E-state index contributed by atoms with van der Waals surface area (Å²) in [6.45, 7) is 6.42. The molecule has 0 radical (unpaired) electrons. The van der Waals surface area contributed by atoms with E-state index in [1.165, 1.54) is 12.1 Å². The Morgan fingerprint density at radius 3 is 2.74 bits per heavy atom. The highest BCUT2D eigenvalue weighted by Crippen LogP contribution is 2.34. The molecule has 7 nitrogen and oxygen atoms in total. The number of aromatic nitrogens is 3. The van der Waals surface area contributed by atoms with Gasteiger partial charge in [-0.15, -0.1) is 0 Å². The molecule has 4 heterocycles. The summed E-state index contributed by atoms with van der Waals surface area (Å²) >= 11 is 0. The van der Waals surface area contributed by atoms with Gasteiger partial charge in [-0.25, -0.2) is 23.1 Å². The van der Waals surface area contributed by atoms with E-state index in [1.807, 2.05) is 6.07 Å². The van der Waals surface area contributed by atoms with Crippen LogP contribution in [0.15, 0.2) is 29.3 Å². The lowest BCUT2D eigenvalue weighted by Crippen LogP contribution is -2.29. The third-order valence-corrected chi connectivity index (χ3v) is 6.35. The van der Waals surface area contributed by atoms with Crippen LogP contribution in [-0.4, -0.2) is 40.3 Å². The standard InChI is InChI=1S/C24H27F3N6O/c1-13(16-4-3-5-17(20(16)25)21(26)27)29-22-18-12-19(32-15-6-10-34-11-7-15)24-28-8-9-33(24)23(18)31-14(2)30-22/h3-5,12-13,15,21,28,32H,6-11H2,1-2H3. The number of ether oxygens (including phenoxy) is 1. The second-order valence-electron chi connectivity index (χ2n) is 8.70. The van der Waals surface area contributed by atoms with E-state index in [0.717, 1.165) is 68.1 Å². The van der Waals surface area contributed by atoms with E-state index in [1.54, 1.807) is 13.8 Å². The first-order valence-electron chi connectivity index (χ1n) is 11.5. The summed E-state index contributed by atoms with van der Waals surface area (Å²) < 4.78 is 48.8. The summed E-state index contributed by atoms with van der Waals surface area (Å²) in [7, 11) is 0. The Bertz CT molecular complexity index is 1240. The quantitative estimate of drug-likeness (QED) is 0.574. The number of fused-ring (bicyclic) bond motifs is 3.